The molecule has 0 N–H and O–H groups in total. The van der Waals surface area contributed by atoms with Gasteiger partial charge in [-0.3, -0.25) is 0 Å². The molecule has 3 heterocycles. The monoisotopic (exact) mass is 2310 g/mol. The summed E-state index contributed by atoms with van der Waals surface area (Å²) in [7, 11) is 8.86. The van der Waals surface area contributed by atoms with Crippen LogP contribution in [-0.4, -0.2) is 110 Å². The molecule has 0 amide bonds. The molecular formula is C129H124B3Br5O13. The molecule has 3 fully saturated rings. The Kier molecular flexibility index (Phi) is 31.8. The van der Waals surface area contributed by atoms with Crippen LogP contribution in [0.5, 0.6) is 40.2 Å². The minimum Gasteiger partial charge on any atom is -0.497 e. The second-order valence-corrected chi connectivity index (χ2v) is 46.2. The topological polar surface area (TPSA) is 120 Å². The van der Waals surface area contributed by atoms with Gasteiger partial charge in [0, 0.05) is 89.4 Å². The highest BCUT2D eigenvalue weighted by Gasteiger charge is 2.54. The molecule has 1 atom stereocenters. The summed E-state index contributed by atoms with van der Waals surface area (Å²) in [5, 5.41) is 0. The molecule has 4 aliphatic carbocycles. The molecule has 0 bridgehead atoms. The maximum absolute atomic E-state index is 6.40. The normalized spacial score (nSPS) is 16.7. The minimum atomic E-state index is -0.656. The summed E-state index contributed by atoms with van der Waals surface area (Å²) in [5.41, 5.74) is 31.2. The third kappa shape index (κ3) is 19.8. The van der Waals surface area contributed by atoms with Crippen molar-refractivity contribution in [2.75, 3.05) is 88.9 Å². The van der Waals surface area contributed by atoms with Gasteiger partial charge in [-0.15, -0.1) is 0 Å². The summed E-state index contributed by atoms with van der Waals surface area (Å²) in [4.78, 5) is 0. The Morgan fingerprint density at radius 1 is 0.260 bits per heavy atom. The minimum absolute atomic E-state index is 0. The fraction of sp³-hybridized carbons (Fsp3) is 0.256. The number of methoxy groups -OCH3 is 6. The molecule has 1 unspecified atom stereocenters. The third-order valence-corrected chi connectivity index (χ3v) is 33.0. The van der Waals surface area contributed by atoms with Crippen molar-refractivity contribution in [1.82, 2.24) is 0 Å². The lowest BCUT2D eigenvalue weighted by atomic mass is 9.65. The van der Waals surface area contributed by atoms with E-state index in [1.807, 2.05) is 72.8 Å². The van der Waals surface area contributed by atoms with E-state index in [0.29, 0.717) is 39.6 Å². The Balaban J connectivity index is 0.000000126. The average molecular weight is 2310 g/mol. The van der Waals surface area contributed by atoms with E-state index in [4.69, 9.17) is 61.1 Å². The maximum Gasteiger partial charge on any atom is 0.494 e. The third-order valence-electron chi connectivity index (χ3n) is 30.2. The van der Waals surface area contributed by atoms with E-state index < -0.39 is 43.0 Å². The molecule has 0 saturated carbocycles. The van der Waals surface area contributed by atoms with E-state index in [9.17, 15) is 0 Å². The molecule has 150 heavy (non-hydrogen) atoms. The molecule has 16 aromatic rings. The summed E-state index contributed by atoms with van der Waals surface area (Å²) in [5.74, 6) is 5.89. The molecule has 3 saturated heterocycles. The molecule has 23 rings (SSSR count). The van der Waals surface area contributed by atoms with Crippen LogP contribution in [0, 0.1) is 23.2 Å². The zero-order valence-corrected chi connectivity index (χ0v) is 94.5. The first kappa shape index (κ1) is 107. The molecular weight excluding hydrogens is 2190 g/mol. The van der Waals surface area contributed by atoms with Crippen molar-refractivity contribution in [2.45, 2.75) is 110 Å². The van der Waals surface area contributed by atoms with Crippen LogP contribution in [-0.2, 0) is 49.6 Å². The van der Waals surface area contributed by atoms with Crippen molar-refractivity contribution in [3.63, 3.8) is 0 Å². The zero-order chi connectivity index (χ0) is 104. The van der Waals surface area contributed by atoms with Crippen LogP contribution in [0.4, 0.5) is 0 Å². The summed E-state index contributed by atoms with van der Waals surface area (Å²) >= 11 is 18.9. The standard InChI is InChI=1S/C37H40B2O6.C32H30BBrO4.C32H30Br2O.C27H20Br2O2.CH4/c1-35(2)21-42-38(43-22-35)27-14-19-30-32(20-27)37(25-10-15-28(40-5)16-11-25,26-12-17-29(41-6)18-13-26)31-8-7-9-33(34(30)31)39-44-23-36(3,4)24-45-39;1-31(2)19-37-33(38-20-31)29-7-5-6-27-30(29)26-17-12-23(34)18-28(26)32(27,21-8-13-24(35-3)14-9-21)22-10-15-25(36-4)16-11-22;1-3-4-5-6-20-35-26-17-14-24(15-18-26)32(23-12-10-22(2)11-13-23)28-8-7-9-30(34)31(28)27-19-16-25(33)21-29(27)32;1-30-20-11-6-17(7-12-20)27(18-8-13-21(31-2)14-9-18)23-4-3-5-25(29)26(23)22-15-10-19(28)16-24(22)27;/h7-20H,21-24H2,1-6H3;5-18H,19-20H2,1-4H3;7-19,21H,3-6,20H2,1-2H3;3-16H,1-2H3;1H4. The highest BCUT2D eigenvalue weighted by molar-refractivity contribution is 9.11. The number of fused-ring (bicyclic) bond motifs is 12. The number of unbranched alkanes of at least 4 members (excludes halogenated alkanes) is 3. The molecule has 0 spiro atoms. The second kappa shape index (κ2) is 44.6. The van der Waals surface area contributed by atoms with Crippen molar-refractivity contribution < 1.29 is 61.1 Å². The van der Waals surface area contributed by atoms with Gasteiger partial charge in [-0.05, 0) is 286 Å². The predicted molar refractivity (Wildman–Crippen MR) is 627 cm³/mol. The molecule has 0 radical (unpaired) electrons. The van der Waals surface area contributed by atoms with Crippen molar-refractivity contribution >= 4 is 117 Å². The van der Waals surface area contributed by atoms with Gasteiger partial charge < -0.3 is 61.1 Å². The Morgan fingerprint density at radius 3 is 0.807 bits per heavy atom. The molecule has 0 aromatic heterocycles. The van der Waals surface area contributed by atoms with E-state index in [2.05, 4.69) is 402 Å². The second-order valence-electron chi connectivity index (χ2n) is 41.8. The lowest BCUT2D eigenvalue weighted by Gasteiger charge is -2.36. The van der Waals surface area contributed by atoms with Crippen LogP contribution in [0.15, 0.2) is 362 Å². The largest absolute Gasteiger partial charge is 0.497 e. The summed E-state index contributed by atoms with van der Waals surface area (Å²) in [6, 6.07) is 121. The Labute approximate surface area is 927 Å². The number of ether oxygens (including phenoxy) is 7. The molecule has 21 heteroatoms. The lowest BCUT2D eigenvalue weighted by molar-refractivity contribution is 0.0342. The smallest absolute Gasteiger partial charge is 0.494 e. The first-order valence-electron chi connectivity index (χ1n) is 51.0. The van der Waals surface area contributed by atoms with Crippen LogP contribution in [0.25, 0.3) is 44.5 Å². The first-order valence-corrected chi connectivity index (χ1v) is 54.9. The molecule has 762 valence electrons. The fourth-order valence-electron chi connectivity index (χ4n) is 23.1. The van der Waals surface area contributed by atoms with Gasteiger partial charge in [0.05, 0.1) is 70.9 Å². The molecule has 16 aromatic carbocycles. The van der Waals surface area contributed by atoms with Crippen molar-refractivity contribution in [3.05, 3.63) is 457 Å². The van der Waals surface area contributed by atoms with Crippen LogP contribution in [0.1, 0.15) is 176 Å². The van der Waals surface area contributed by atoms with Gasteiger partial charge in [-0.25, -0.2) is 0 Å². The number of halogens is 5. The van der Waals surface area contributed by atoms with Crippen LogP contribution >= 0.6 is 79.6 Å². The lowest BCUT2D eigenvalue weighted by Crippen LogP contribution is -2.48. The quantitative estimate of drug-likeness (QED) is 0.0447. The van der Waals surface area contributed by atoms with Crippen LogP contribution in [0.2, 0.25) is 0 Å². The van der Waals surface area contributed by atoms with E-state index in [1.165, 1.54) is 119 Å². The molecule has 13 nitrogen and oxygen atoms in total. The molecule has 7 aliphatic rings. The average Bonchev–Trinajstić information content (AvgIpc) is 1.51. The Morgan fingerprint density at radius 2 is 0.513 bits per heavy atom. The van der Waals surface area contributed by atoms with Crippen molar-refractivity contribution in [3.8, 4) is 84.8 Å². The van der Waals surface area contributed by atoms with E-state index in [-0.39, 0.29) is 23.7 Å². The van der Waals surface area contributed by atoms with Gasteiger partial charge in [0.1, 0.15) is 40.2 Å². The Bertz CT molecular complexity index is 7390. The number of aryl methyl sites for hydroxylation is 1. The number of benzene rings is 16. The fourth-order valence-corrected chi connectivity index (χ4v) is 25.3. The van der Waals surface area contributed by atoms with Gasteiger partial charge in [-0.2, -0.15) is 0 Å². The van der Waals surface area contributed by atoms with Crippen molar-refractivity contribution in [2.24, 2.45) is 16.2 Å². The van der Waals surface area contributed by atoms with Gasteiger partial charge >= 0.3 is 21.4 Å². The summed E-state index contributed by atoms with van der Waals surface area (Å²) in [6.07, 6.45) is 4.84. The van der Waals surface area contributed by atoms with E-state index in [0.717, 1.165) is 131 Å². The first-order chi connectivity index (χ1) is 72.2. The van der Waals surface area contributed by atoms with Crippen molar-refractivity contribution in [1.29, 1.82) is 0 Å². The number of hydrogen-bond donors (Lipinski definition) is 0. The Hall–Kier alpha value is -11.5. The maximum atomic E-state index is 6.40. The summed E-state index contributed by atoms with van der Waals surface area (Å²) < 4.78 is 82.6. The predicted octanol–water partition coefficient (Wildman–Crippen LogP) is 30.3. The van der Waals surface area contributed by atoms with Gasteiger partial charge in [0.2, 0.25) is 0 Å². The van der Waals surface area contributed by atoms with E-state index in [1.54, 1.807) is 42.7 Å². The summed E-state index contributed by atoms with van der Waals surface area (Å²) in [6.45, 7) is 22.0. The molecule has 3 aliphatic heterocycles. The van der Waals surface area contributed by atoms with Gasteiger partial charge in [0.25, 0.3) is 0 Å². The zero-order valence-electron chi connectivity index (χ0n) is 86.5. The van der Waals surface area contributed by atoms with Crippen LogP contribution < -0.4 is 49.5 Å². The van der Waals surface area contributed by atoms with Gasteiger partial charge in [0.15, 0.2) is 0 Å². The van der Waals surface area contributed by atoms with Gasteiger partial charge in [-0.1, -0.05) is 367 Å². The van der Waals surface area contributed by atoms with E-state index >= 15 is 0 Å². The number of hydrogen-bond acceptors (Lipinski definition) is 13. The number of rotatable bonds is 23. The highest BCUT2D eigenvalue weighted by Crippen LogP contribution is 2.63. The highest BCUT2D eigenvalue weighted by atomic mass is 79.9. The SMILES string of the molecule is C.CCCCCCOc1ccc(C2(c3ccc(C)cc3)c3cc(Br)ccc3-c3c(Br)cccc32)cc1.COc1ccc(C2(c3ccc(OC)cc3)c3cc(B4OCC(C)(C)CO4)ccc3-c3c(B4OCC(C)(C)CO4)cccc32)cc1.COc1ccc(C2(c3ccc(OC)cc3)c3cc(Br)ccc3-c3c(B4OCC(C)(C)CO4)cccc32)cc1.COc1ccc(C2(c3ccc(OC)cc3)c3cc(Br)ccc3-c3c(Br)cccc32)cc1. The van der Waals surface area contributed by atoms with Crippen LogP contribution in [0.3, 0.4) is 0 Å².